The standard InChI is InChI=1S/C43H27N3O2/c1-2-12-27(13-3-1)41-44-42(29-24-23-26-11-4-5-14-28(26)25-29)46-43(45-41)34-19-10-22-37-39(34)33-18-8-17-31(40(33)48-37)30-16-9-21-36-38(30)32-15-6-7-20-35(32)47-36/h1-25,43H,(H,44,45,46). The third kappa shape index (κ3) is 4.18. The molecule has 0 fully saturated rings. The van der Waals surface area contributed by atoms with Gasteiger partial charge in [-0.05, 0) is 40.6 Å². The molecule has 3 heterocycles. The second-order valence-electron chi connectivity index (χ2n) is 12.2. The highest BCUT2D eigenvalue weighted by atomic mass is 16.3. The van der Waals surface area contributed by atoms with E-state index in [0.717, 1.165) is 88.8 Å². The summed E-state index contributed by atoms with van der Waals surface area (Å²) in [7, 11) is 0. The summed E-state index contributed by atoms with van der Waals surface area (Å²) in [6.45, 7) is 0. The molecule has 1 atom stereocenters. The van der Waals surface area contributed by atoms with E-state index >= 15 is 0 Å². The van der Waals surface area contributed by atoms with Crippen LogP contribution in [0.1, 0.15) is 22.9 Å². The highest BCUT2D eigenvalue weighted by molar-refractivity contribution is 6.19. The lowest BCUT2D eigenvalue weighted by atomic mass is 9.96. The van der Waals surface area contributed by atoms with E-state index in [-0.39, 0.29) is 0 Å². The van der Waals surface area contributed by atoms with Gasteiger partial charge in [0.15, 0.2) is 6.17 Å². The van der Waals surface area contributed by atoms with Gasteiger partial charge in [-0.25, -0.2) is 9.98 Å². The SMILES string of the molecule is c1ccc(C2=NC(c3cccc4oc5c(-c6cccc7oc8ccccc8c67)cccc5c34)N=C(c3ccc4ccccc4c3)N2)cc1. The molecule has 0 aliphatic carbocycles. The molecule has 0 saturated heterocycles. The average Bonchev–Trinajstić information content (AvgIpc) is 3.74. The van der Waals surface area contributed by atoms with Gasteiger partial charge in [0.25, 0.3) is 0 Å². The summed E-state index contributed by atoms with van der Waals surface area (Å²) in [5, 5.41) is 10.1. The number of nitrogens with one attached hydrogen (secondary N) is 1. The van der Waals surface area contributed by atoms with Crippen LogP contribution >= 0.6 is 0 Å². The van der Waals surface area contributed by atoms with E-state index in [1.165, 1.54) is 5.39 Å². The van der Waals surface area contributed by atoms with Crippen LogP contribution in [0.25, 0.3) is 65.8 Å². The molecule has 1 aliphatic rings. The van der Waals surface area contributed by atoms with E-state index in [1.54, 1.807) is 0 Å². The van der Waals surface area contributed by atoms with Gasteiger partial charge in [-0.1, -0.05) is 127 Å². The number of benzene rings is 7. The van der Waals surface area contributed by atoms with Crippen molar-refractivity contribution < 1.29 is 8.83 Å². The van der Waals surface area contributed by atoms with Crippen LogP contribution in [-0.4, -0.2) is 11.7 Å². The first-order valence-corrected chi connectivity index (χ1v) is 16.1. The first-order chi connectivity index (χ1) is 23.8. The van der Waals surface area contributed by atoms with Crippen molar-refractivity contribution in [2.45, 2.75) is 6.17 Å². The highest BCUT2D eigenvalue weighted by Crippen LogP contribution is 2.43. The maximum Gasteiger partial charge on any atom is 0.170 e. The Bertz CT molecular complexity index is 2770. The third-order valence-electron chi connectivity index (χ3n) is 9.34. The number of nitrogens with zero attached hydrogens (tertiary/aromatic N) is 2. The topological polar surface area (TPSA) is 63.0 Å². The monoisotopic (exact) mass is 617 g/mol. The molecular formula is C43H27N3O2. The van der Waals surface area contributed by atoms with Gasteiger partial charge < -0.3 is 14.2 Å². The van der Waals surface area contributed by atoms with E-state index < -0.39 is 6.17 Å². The molecule has 5 heteroatoms. The lowest BCUT2D eigenvalue weighted by Crippen LogP contribution is -2.36. The molecule has 226 valence electrons. The Morgan fingerprint density at radius 3 is 2.02 bits per heavy atom. The molecule has 1 unspecified atom stereocenters. The van der Waals surface area contributed by atoms with Crippen molar-refractivity contribution in [2.75, 3.05) is 0 Å². The maximum atomic E-state index is 6.73. The third-order valence-corrected chi connectivity index (χ3v) is 9.34. The van der Waals surface area contributed by atoms with E-state index in [1.807, 2.05) is 54.6 Å². The van der Waals surface area contributed by atoms with Crippen molar-refractivity contribution in [3.8, 4) is 11.1 Å². The molecule has 0 spiro atoms. The lowest BCUT2D eigenvalue weighted by molar-refractivity contribution is 0.668. The van der Waals surface area contributed by atoms with Crippen LogP contribution in [0.3, 0.4) is 0 Å². The second-order valence-corrected chi connectivity index (χ2v) is 12.2. The summed E-state index contributed by atoms with van der Waals surface area (Å²) < 4.78 is 13.0. The summed E-state index contributed by atoms with van der Waals surface area (Å²) in [6, 6.07) is 52.1. The van der Waals surface area contributed by atoms with E-state index in [9.17, 15) is 0 Å². The Kier molecular flexibility index (Phi) is 5.87. The second kappa shape index (κ2) is 10.5. The van der Waals surface area contributed by atoms with Crippen molar-refractivity contribution in [1.29, 1.82) is 0 Å². The molecule has 9 aromatic rings. The summed E-state index contributed by atoms with van der Waals surface area (Å²) in [4.78, 5) is 10.5. The number of hydrogen-bond donors (Lipinski definition) is 1. The van der Waals surface area contributed by atoms with Crippen molar-refractivity contribution >= 4 is 66.3 Å². The van der Waals surface area contributed by atoms with Gasteiger partial charge in [0.1, 0.15) is 34.0 Å². The summed E-state index contributed by atoms with van der Waals surface area (Å²) in [5.74, 6) is 1.56. The molecule has 0 radical (unpaired) electrons. The van der Waals surface area contributed by atoms with Crippen molar-refractivity contribution in [3.63, 3.8) is 0 Å². The quantitative estimate of drug-likeness (QED) is 0.214. The van der Waals surface area contributed by atoms with E-state index in [2.05, 4.69) is 102 Å². The van der Waals surface area contributed by atoms with Crippen LogP contribution < -0.4 is 5.32 Å². The number of hydrogen-bond acceptors (Lipinski definition) is 5. The van der Waals surface area contributed by atoms with Crippen LogP contribution in [0.4, 0.5) is 0 Å². The van der Waals surface area contributed by atoms with Gasteiger partial charge in [0, 0.05) is 43.8 Å². The normalized spacial score (nSPS) is 14.9. The number of amidine groups is 2. The Morgan fingerprint density at radius 1 is 0.458 bits per heavy atom. The minimum atomic E-state index is -0.489. The zero-order chi connectivity index (χ0) is 31.6. The molecular weight excluding hydrogens is 590 g/mol. The molecule has 0 amide bonds. The zero-order valence-corrected chi connectivity index (χ0v) is 25.7. The molecule has 7 aromatic carbocycles. The molecule has 0 bridgehead atoms. The van der Waals surface area contributed by atoms with Gasteiger partial charge in [-0.15, -0.1) is 0 Å². The van der Waals surface area contributed by atoms with Crippen molar-refractivity contribution in [1.82, 2.24) is 5.32 Å². The van der Waals surface area contributed by atoms with Crippen LogP contribution in [0.15, 0.2) is 170 Å². The molecule has 10 rings (SSSR count). The van der Waals surface area contributed by atoms with E-state index in [0.29, 0.717) is 0 Å². The fraction of sp³-hybridized carbons (Fsp3) is 0.0233. The lowest BCUT2D eigenvalue weighted by Gasteiger charge is -2.23. The van der Waals surface area contributed by atoms with Crippen molar-refractivity contribution in [3.05, 3.63) is 168 Å². The van der Waals surface area contributed by atoms with Crippen LogP contribution in [0, 0.1) is 0 Å². The number of rotatable bonds is 4. The largest absolute Gasteiger partial charge is 0.456 e. The Hall–Kier alpha value is -6.46. The predicted octanol–water partition coefficient (Wildman–Crippen LogP) is 10.8. The molecule has 48 heavy (non-hydrogen) atoms. The smallest absolute Gasteiger partial charge is 0.170 e. The van der Waals surface area contributed by atoms with Gasteiger partial charge in [-0.3, -0.25) is 0 Å². The Labute approximate surface area is 275 Å². The number of para-hydroxylation sites is 2. The van der Waals surface area contributed by atoms with Gasteiger partial charge in [0.2, 0.25) is 0 Å². The van der Waals surface area contributed by atoms with Gasteiger partial charge >= 0.3 is 0 Å². The summed E-state index contributed by atoms with van der Waals surface area (Å²) in [6.07, 6.45) is -0.489. The van der Waals surface area contributed by atoms with Gasteiger partial charge in [-0.2, -0.15) is 0 Å². The van der Waals surface area contributed by atoms with Gasteiger partial charge in [0.05, 0.1) is 0 Å². The Morgan fingerprint density at radius 2 is 1.12 bits per heavy atom. The zero-order valence-electron chi connectivity index (χ0n) is 25.7. The molecule has 5 nitrogen and oxygen atoms in total. The van der Waals surface area contributed by atoms with Crippen LogP contribution in [0.2, 0.25) is 0 Å². The number of fused-ring (bicyclic) bond motifs is 7. The minimum Gasteiger partial charge on any atom is -0.456 e. The predicted molar refractivity (Wildman–Crippen MR) is 196 cm³/mol. The average molecular weight is 618 g/mol. The molecule has 1 N–H and O–H groups in total. The Balaban J connectivity index is 1.18. The molecule has 0 saturated carbocycles. The first-order valence-electron chi connectivity index (χ1n) is 16.1. The van der Waals surface area contributed by atoms with E-state index in [4.69, 9.17) is 18.8 Å². The van der Waals surface area contributed by atoms with Crippen LogP contribution in [-0.2, 0) is 0 Å². The minimum absolute atomic E-state index is 0.489. The summed E-state index contributed by atoms with van der Waals surface area (Å²) >= 11 is 0. The fourth-order valence-electron chi connectivity index (χ4n) is 7.12. The maximum absolute atomic E-state index is 6.73. The summed E-state index contributed by atoms with van der Waals surface area (Å²) in [5.41, 5.74) is 8.46. The number of furan rings is 2. The highest BCUT2D eigenvalue weighted by Gasteiger charge is 2.25. The first kappa shape index (κ1) is 26.7. The van der Waals surface area contributed by atoms with Crippen molar-refractivity contribution in [2.24, 2.45) is 9.98 Å². The number of aliphatic imine (C=N–C) groups is 2. The molecule has 2 aromatic heterocycles. The van der Waals surface area contributed by atoms with Crippen LogP contribution in [0.5, 0.6) is 0 Å². The fourth-order valence-corrected chi connectivity index (χ4v) is 7.12. The molecule has 1 aliphatic heterocycles.